The number of nitrogen functional groups attached to an aromatic ring is 1. The molecular weight excluding hydrogens is 298 g/mol. The summed E-state index contributed by atoms with van der Waals surface area (Å²) in [5, 5.41) is 10.9. The molecule has 1 aliphatic rings. The lowest BCUT2D eigenvalue weighted by atomic mass is 10.1. The molecule has 118 valence electrons. The molecule has 0 saturated carbocycles. The maximum Gasteiger partial charge on any atom is 0.410 e. The van der Waals surface area contributed by atoms with Crippen LogP contribution < -0.4 is 5.73 Å². The Morgan fingerprint density at radius 3 is 2.52 bits per heavy atom. The zero-order valence-corrected chi connectivity index (χ0v) is 12.3. The molecule has 1 heterocycles. The van der Waals surface area contributed by atoms with Crippen LogP contribution in [0.4, 0.5) is 16.2 Å². The normalized spacial score (nSPS) is 12.8. The van der Waals surface area contributed by atoms with Gasteiger partial charge >= 0.3 is 6.09 Å². The van der Waals surface area contributed by atoms with Gasteiger partial charge in [-0.25, -0.2) is 4.79 Å². The van der Waals surface area contributed by atoms with Crippen molar-refractivity contribution in [2.24, 2.45) is 0 Å². The molecule has 23 heavy (non-hydrogen) atoms. The van der Waals surface area contributed by atoms with Gasteiger partial charge in [0, 0.05) is 19.2 Å². The number of amides is 1. The highest BCUT2D eigenvalue weighted by Gasteiger charge is 2.27. The van der Waals surface area contributed by atoms with Gasteiger partial charge in [0.2, 0.25) is 0 Å². The summed E-state index contributed by atoms with van der Waals surface area (Å²) in [5.74, 6) is 0. The third-order valence-electron chi connectivity index (χ3n) is 3.73. The van der Waals surface area contributed by atoms with E-state index in [-0.39, 0.29) is 24.5 Å². The van der Waals surface area contributed by atoms with Crippen molar-refractivity contribution >= 4 is 17.5 Å². The molecule has 2 aromatic rings. The summed E-state index contributed by atoms with van der Waals surface area (Å²) >= 11 is 0. The predicted molar refractivity (Wildman–Crippen MR) is 83.4 cm³/mol. The number of carbonyl (C=O) groups excluding carboxylic acids is 1. The summed E-state index contributed by atoms with van der Waals surface area (Å²) in [5.41, 5.74) is 8.08. The smallest absolute Gasteiger partial charge is 0.410 e. The summed E-state index contributed by atoms with van der Waals surface area (Å²) in [6.07, 6.45) is -0.453. The first-order valence-electron chi connectivity index (χ1n) is 7.06. The van der Waals surface area contributed by atoms with E-state index in [1.54, 1.807) is 6.07 Å². The molecule has 2 aromatic carbocycles. The van der Waals surface area contributed by atoms with E-state index in [0.717, 1.165) is 16.7 Å². The molecule has 7 heteroatoms. The molecular formula is C16H15N3O4. The number of carbonyl (C=O) groups is 1. The van der Waals surface area contributed by atoms with Crippen molar-refractivity contribution < 1.29 is 14.5 Å². The lowest BCUT2D eigenvalue weighted by Crippen LogP contribution is -2.25. The van der Waals surface area contributed by atoms with E-state index in [1.807, 2.05) is 30.3 Å². The Bertz CT molecular complexity index is 761. The number of hydrogen-bond donors (Lipinski definition) is 1. The number of fused-ring (bicyclic) bond motifs is 1. The first kappa shape index (κ1) is 14.8. The van der Waals surface area contributed by atoms with Crippen LogP contribution in [0.25, 0.3) is 0 Å². The fourth-order valence-corrected chi connectivity index (χ4v) is 2.55. The average Bonchev–Trinajstić information content (AvgIpc) is 2.95. The van der Waals surface area contributed by atoms with Gasteiger partial charge in [-0.3, -0.25) is 15.0 Å². The van der Waals surface area contributed by atoms with Crippen LogP contribution >= 0.6 is 0 Å². The van der Waals surface area contributed by atoms with E-state index in [4.69, 9.17) is 10.5 Å². The van der Waals surface area contributed by atoms with Crippen LogP contribution in [0.3, 0.4) is 0 Å². The first-order valence-corrected chi connectivity index (χ1v) is 7.06. The molecule has 2 N–H and O–H groups in total. The summed E-state index contributed by atoms with van der Waals surface area (Å²) in [6, 6.07) is 12.4. The Balaban J connectivity index is 1.67. The molecule has 0 bridgehead atoms. The molecule has 1 amide bonds. The minimum absolute atomic E-state index is 0.105. The molecule has 0 radical (unpaired) electrons. The van der Waals surface area contributed by atoms with Gasteiger partial charge in [0.1, 0.15) is 12.3 Å². The largest absolute Gasteiger partial charge is 0.445 e. The third kappa shape index (κ3) is 3.08. The number of nitrogens with two attached hydrogens (primary N) is 1. The fraction of sp³-hybridized carbons (Fsp3) is 0.188. The van der Waals surface area contributed by atoms with Crippen molar-refractivity contribution in [3.05, 3.63) is 69.3 Å². The number of rotatable bonds is 3. The molecule has 0 atom stereocenters. The summed E-state index contributed by atoms with van der Waals surface area (Å²) in [6.45, 7) is 0.810. The second-order valence-electron chi connectivity index (χ2n) is 5.33. The maximum absolute atomic E-state index is 12.1. The summed E-state index contributed by atoms with van der Waals surface area (Å²) in [7, 11) is 0. The summed E-state index contributed by atoms with van der Waals surface area (Å²) < 4.78 is 5.27. The molecule has 1 aliphatic heterocycles. The molecule has 0 unspecified atom stereocenters. The van der Waals surface area contributed by atoms with Crippen LogP contribution in [0.15, 0.2) is 42.5 Å². The van der Waals surface area contributed by atoms with Crippen molar-refractivity contribution in [1.29, 1.82) is 0 Å². The van der Waals surface area contributed by atoms with Gasteiger partial charge in [-0.2, -0.15) is 0 Å². The van der Waals surface area contributed by atoms with Crippen molar-refractivity contribution in [2.75, 3.05) is 5.73 Å². The second kappa shape index (κ2) is 5.96. The molecule has 0 spiro atoms. The maximum atomic E-state index is 12.1. The average molecular weight is 313 g/mol. The van der Waals surface area contributed by atoms with Gasteiger partial charge in [0.15, 0.2) is 0 Å². The molecule has 0 aliphatic carbocycles. The molecule has 7 nitrogen and oxygen atoms in total. The number of nitro benzene ring substituents is 1. The monoisotopic (exact) mass is 313 g/mol. The second-order valence-corrected chi connectivity index (χ2v) is 5.33. The van der Waals surface area contributed by atoms with Crippen molar-refractivity contribution in [3.8, 4) is 0 Å². The Morgan fingerprint density at radius 2 is 1.87 bits per heavy atom. The Kier molecular flexibility index (Phi) is 3.84. The lowest BCUT2D eigenvalue weighted by molar-refractivity contribution is -0.384. The van der Waals surface area contributed by atoms with Crippen LogP contribution in [-0.4, -0.2) is 15.9 Å². The van der Waals surface area contributed by atoms with Gasteiger partial charge in [-0.15, -0.1) is 0 Å². The van der Waals surface area contributed by atoms with Crippen molar-refractivity contribution in [1.82, 2.24) is 4.90 Å². The standard InChI is InChI=1S/C16H15N3O4/c17-14-6-12-8-18(9-13(12)7-15(14)19(21)22)16(20)23-10-11-4-2-1-3-5-11/h1-7H,8-10,17H2. The molecule has 3 rings (SSSR count). The quantitative estimate of drug-likeness (QED) is 0.533. The zero-order valence-electron chi connectivity index (χ0n) is 12.3. The number of nitro groups is 1. The lowest BCUT2D eigenvalue weighted by Gasteiger charge is -2.15. The molecule has 0 fully saturated rings. The van der Waals surface area contributed by atoms with Gasteiger partial charge in [-0.05, 0) is 22.8 Å². The minimum atomic E-state index is -0.522. The number of ether oxygens (including phenoxy) is 1. The zero-order chi connectivity index (χ0) is 16.4. The van der Waals surface area contributed by atoms with E-state index in [2.05, 4.69) is 0 Å². The van der Waals surface area contributed by atoms with E-state index >= 15 is 0 Å². The third-order valence-corrected chi connectivity index (χ3v) is 3.73. The molecule has 0 saturated heterocycles. The van der Waals surface area contributed by atoms with Gasteiger partial charge < -0.3 is 10.5 Å². The number of anilines is 1. The van der Waals surface area contributed by atoms with Crippen LogP contribution in [0.5, 0.6) is 0 Å². The predicted octanol–water partition coefficient (Wildman–Crippen LogP) is 2.83. The Hall–Kier alpha value is -3.09. The van der Waals surface area contributed by atoms with E-state index in [9.17, 15) is 14.9 Å². The Morgan fingerprint density at radius 1 is 1.22 bits per heavy atom. The van der Waals surface area contributed by atoms with Crippen LogP contribution in [0.2, 0.25) is 0 Å². The number of nitrogens with zero attached hydrogens (tertiary/aromatic N) is 2. The van der Waals surface area contributed by atoms with E-state index < -0.39 is 11.0 Å². The van der Waals surface area contributed by atoms with Crippen LogP contribution in [0, 0.1) is 10.1 Å². The van der Waals surface area contributed by atoms with E-state index in [1.165, 1.54) is 11.0 Å². The minimum Gasteiger partial charge on any atom is -0.445 e. The highest BCUT2D eigenvalue weighted by Crippen LogP contribution is 2.31. The van der Waals surface area contributed by atoms with E-state index in [0.29, 0.717) is 6.54 Å². The van der Waals surface area contributed by atoms with Crippen molar-refractivity contribution in [3.63, 3.8) is 0 Å². The fourth-order valence-electron chi connectivity index (χ4n) is 2.55. The number of hydrogen-bond acceptors (Lipinski definition) is 5. The highest BCUT2D eigenvalue weighted by atomic mass is 16.6. The van der Waals surface area contributed by atoms with Gasteiger partial charge in [-0.1, -0.05) is 30.3 Å². The van der Waals surface area contributed by atoms with Crippen LogP contribution in [0.1, 0.15) is 16.7 Å². The van der Waals surface area contributed by atoms with Crippen molar-refractivity contribution in [2.45, 2.75) is 19.7 Å². The number of benzene rings is 2. The van der Waals surface area contributed by atoms with Gasteiger partial charge in [0.05, 0.1) is 4.92 Å². The van der Waals surface area contributed by atoms with Crippen LogP contribution in [-0.2, 0) is 24.4 Å². The first-order chi connectivity index (χ1) is 11.0. The topological polar surface area (TPSA) is 98.7 Å². The summed E-state index contributed by atoms with van der Waals surface area (Å²) in [4.78, 5) is 24.0. The molecule has 0 aromatic heterocycles. The Labute approximate surface area is 132 Å². The van der Waals surface area contributed by atoms with Gasteiger partial charge in [0.25, 0.3) is 5.69 Å². The highest BCUT2D eigenvalue weighted by molar-refractivity contribution is 5.70. The SMILES string of the molecule is Nc1cc2c(cc1[N+](=O)[O-])CN(C(=O)OCc1ccccc1)C2.